The SMILES string of the molecule is CCCCCCCc1nc(C#N)c(NN=Cc2cccc(OCc3ccccc3)c2)o1. The molecule has 1 heterocycles. The third-order valence-corrected chi connectivity index (χ3v) is 4.76. The van der Waals surface area contributed by atoms with Crippen LogP contribution in [0.3, 0.4) is 0 Å². The smallest absolute Gasteiger partial charge is 0.252 e. The summed E-state index contributed by atoms with van der Waals surface area (Å²) in [7, 11) is 0. The molecule has 0 saturated heterocycles. The molecule has 0 amide bonds. The van der Waals surface area contributed by atoms with Crippen LogP contribution in [0.5, 0.6) is 5.75 Å². The van der Waals surface area contributed by atoms with Gasteiger partial charge in [-0.05, 0) is 29.7 Å². The van der Waals surface area contributed by atoms with Crippen LogP contribution in [-0.2, 0) is 13.0 Å². The zero-order valence-electron chi connectivity index (χ0n) is 17.9. The average Bonchev–Trinajstić information content (AvgIpc) is 3.20. The summed E-state index contributed by atoms with van der Waals surface area (Å²) < 4.78 is 11.5. The lowest BCUT2D eigenvalue weighted by Gasteiger charge is -2.06. The number of hydrogen-bond acceptors (Lipinski definition) is 6. The van der Waals surface area contributed by atoms with Crippen molar-refractivity contribution < 1.29 is 9.15 Å². The molecule has 0 bridgehead atoms. The fourth-order valence-electron chi connectivity index (χ4n) is 3.09. The number of anilines is 1. The normalized spacial score (nSPS) is 10.8. The number of aryl methyl sites for hydroxylation is 1. The summed E-state index contributed by atoms with van der Waals surface area (Å²) in [6.07, 6.45) is 8.20. The highest BCUT2D eigenvalue weighted by molar-refractivity contribution is 5.80. The van der Waals surface area contributed by atoms with E-state index in [1.165, 1.54) is 19.3 Å². The number of hydrazone groups is 1. The van der Waals surface area contributed by atoms with Crippen LogP contribution in [0.25, 0.3) is 0 Å². The number of benzene rings is 2. The maximum Gasteiger partial charge on any atom is 0.252 e. The standard InChI is InChI=1S/C25H28N4O2/c1-2-3-4-5-9-15-24-28-23(17-26)25(31-24)29-27-18-21-13-10-14-22(16-21)30-19-20-11-7-6-8-12-20/h6-8,10-14,16,18,29H,2-5,9,15,19H2,1H3. The second kappa shape index (κ2) is 12.2. The minimum Gasteiger partial charge on any atom is -0.489 e. The maximum atomic E-state index is 9.30. The Morgan fingerprint density at radius 1 is 1.10 bits per heavy atom. The number of unbranched alkanes of at least 4 members (excludes halogenated alkanes) is 4. The Balaban J connectivity index is 1.53. The van der Waals surface area contributed by atoms with E-state index in [0.29, 0.717) is 12.5 Å². The van der Waals surface area contributed by atoms with Crippen molar-refractivity contribution in [2.24, 2.45) is 5.10 Å². The largest absolute Gasteiger partial charge is 0.489 e. The molecule has 0 radical (unpaired) electrons. The molecule has 1 N–H and O–H groups in total. The lowest BCUT2D eigenvalue weighted by Crippen LogP contribution is -1.96. The van der Waals surface area contributed by atoms with Crippen molar-refractivity contribution in [3.63, 3.8) is 0 Å². The molecule has 0 aliphatic heterocycles. The maximum absolute atomic E-state index is 9.30. The number of nitrogens with zero attached hydrogens (tertiary/aromatic N) is 3. The third-order valence-electron chi connectivity index (χ3n) is 4.76. The predicted molar refractivity (Wildman–Crippen MR) is 122 cm³/mol. The topological polar surface area (TPSA) is 83.4 Å². The zero-order chi connectivity index (χ0) is 21.7. The fourth-order valence-corrected chi connectivity index (χ4v) is 3.09. The van der Waals surface area contributed by atoms with Gasteiger partial charge in [-0.25, -0.2) is 10.4 Å². The van der Waals surface area contributed by atoms with E-state index in [2.05, 4.69) is 28.5 Å². The van der Waals surface area contributed by atoms with Gasteiger partial charge in [-0.3, -0.25) is 0 Å². The number of oxazole rings is 1. The molecule has 2 aromatic carbocycles. The first-order chi connectivity index (χ1) is 15.3. The third kappa shape index (κ3) is 7.31. The van der Waals surface area contributed by atoms with E-state index < -0.39 is 0 Å². The molecule has 160 valence electrons. The van der Waals surface area contributed by atoms with Crippen molar-refractivity contribution in [1.29, 1.82) is 5.26 Å². The second-order valence-electron chi connectivity index (χ2n) is 7.28. The molecule has 3 rings (SSSR count). The van der Waals surface area contributed by atoms with E-state index in [9.17, 15) is 5.26 Å². The first-order valence-electron chi connectivity index (χ1n) is 10.7. The lowest BCUT2D eigenvalue weighted by atomic mass is 10.1. The summed E-state index contributed by atoms with van der Waals surface area (Å²) in [6.45, 7) is 2.70. The van der Waals surface area contributed by atoms with Gasteiger partial charge in [0.25, 0.3) is 5.88 Å². The number of hydrogen-bond donors (Lipinski definition) is 1. The summed E-state index contributed by atoms with van der Waals surface area (Å²) in [5.41, 5.74) is 5.00. The molecule has 1 aromatic heterocycles. The van der Waals surface area contributed by atoms with Crippen molar-refractivity contribution in [2.75, 3.05) is 5.43 Å². The van der Waals surface area contributed by atoms with Gasteiger partial charge in [-0.1, -0.05) is 75.1 Å². The molecule has 3 aromatic rings. The Kier molecular flexibility index (Phi) is 8.69. The van der Waals surface area contributed by atoms with Crippen LogP contribution in [0.1, 0.15) is 61.7 Å². The van der Waals surface area contributed by atoms with Gasteiger partial charge in [0.1, 0.15) is 18.4 Å². The highest BCUT2D eigenvalue weighted by atomic mass is 16.5. The van der Waals surface area contributed by atoms with Crippen LogP contribution in [0.2, 0.25) is 0 Å². The summed E-state index contributed by atoms with van der Waals surface area (Å²) in [6, 6.07) is 19.7. The Labute approximate surface area is 183 Å². The first-order valence-corrected chi connectivity index (χ1v) is 10.7. The first kappa shape index (κ1) is 22.1. The van der Waals surface area contributed by atoms with Crippen LogP contribution < -0.4 is 10.2 Å². The van der Waals surface area contributed by atoms with Gasteiger partial charge in [0.2, 0.25) is 5.69 Å². The summed E-state index contributed by atoms with van der Waals surface area (Å²) in [4.78, 5) is 4.26. The molecule has 0 spiro atoms. The minimum absolute atomic E-state index is 0.223. The molecule has 31 heavy (non-hydrogen) atoms. The average molecular weight is 417 g/mol. The fraction of sp³-hybridized carbons (Fsp3) is 0.320. The Bertz CT molecular complexity index is 1010. The summed E-state index contributed by atoms with van der Waals surface area (Å²) in [5, 5.41) is 13.5. The van der Waals surface area contributed by atoms with E-state index in [4.69, 9.17) is 9.15 Å². The van der Waals surface area contributed by atoms with E-state index in [0.717, 1.165) is 36.1 Å². The van der Waals surface area contributed by atoms with E-state index in [1.54, 1.807) is 6.21 Å². The molecular weight excluding hydrogens is 388 g/mol. The van der Waals surface area contributed by atoms with Gasteiger partial charge in [0.15, 0.2) is 5.89 Å². The summed E-state index contributed by atoms with van der Waals surface area (Å²) in [5.74, 6) is 1.61. The molecule has 0 aliphatic rings. The van der Waals surface area contributed by atoms with Crippen molar-refractivity contribution >= 4 is 12.1 Å². The van der Waals surface area contributed by atoms with E-state index in [-0.39, 0.29) is 11.6 Å². The minimum atomic E-state index is 0.223. The molecule has 0 unspecified atom stereocenters. The lowest BCUT2D eigenvalue weighted by molar-refractivity contribution is 0.306. The molecular formula is C25H28N4O2. The molecule has 6 nitrogen and oxygen atoms in total. The van der Waals surface area contributed by atoms with Gasteiger partial charge in [-0.2, -0.15) is 10.4 Å². The molecule has 0 saturated carbocycles. The van der Waals surface area contributed by atoms with Gasteiger partial charge >= 0.3 is 0 Å². The Morgan fingerprint density at radius 2 is 1.94 bits per heavy atom. The Hall–Kier alpha value is -3.59. The van der Waals surface area contributed by atoms with Crippen LogP contribution in [0.15, 0.2) is 64.1 Å². The van der Waals surface area contributed by atoms with Crippen LogP contribution in [0.4, 0.5) is 5.88 Å². The number of nitrogens with one attached hydrogen (secondary N) is 1. The van der Waals surface area contributed by atoms with Crippen molar-refractivity contribution in [3.05, 3.63) is 77.3 Å². The Morgan fingerprint density at radius 3 is 2.74 bits per heavy atom. The molecule has 0 fully saturated rings. The van der Waals surface area contributed by atoms with Crippen LogP contribution >= 0.6 is 0 Å². The van der Waals surface area contributed by atoms with Crippen molar-refractivity contribution in [3.8, 4) is 11.8 Å². The number of ether oxygens (including phenoxy) is 1. The number of aromatic nitrogens is 1. The van der Waals surface area contributed by atoms with E-state index >= 15 is 0 Å². The van der Waals surface area contributed by atoms with Crippen molar-refractivity contribution in [1.82, 2.24) is 4.98 Å². The van der Waals surface area contributed by atoms with Crippen molar-refractivity contribution in [2.45, 2.75) is 52.1 Å². The highest BCUT2D eigenvalue weighted by Crippen LogP contribution is 2.19. The zero-order valence-corrected chi connectivity index (χ0v) is 17.9. The molecule has 6 heteroatoms. The quantitative estimate of drug-likeness (QED) is 0.220. The van der Waals surface area contributed by atoms with Gasteiger partial charge in [0.05, 0.1) is 6.21 Å². The van der Waals surface area contributed by atoms with Gasteiger partial charge < -0.3 is 9.15 Å². The van der Waals surface area contributed by atoms with E-state index in [1.807, 2.05) is 54.6 Å². The number of rotatable bonds is 12. The van der Waals surface area contributed by atoms with Gasteiger partial charge in [0, 0.05) is 6.42 Å². The molecule has 0 aliphatic carbocycles. The second-order valence-corrected chi connectivity index (χ2v) is 7.28. The van der Waals surface area contributed by atoms with Crippen LogP contribution in [-0.4, -0.2) is 11.2 Å². The summed E-state index contributed by atoms with van der Waals surface area (Å²) >= 11 is 0. The number of nitriles is 1. The highest BCUT2D eigenvalue weighted by Gasteiger charge is 2.12. The monoisotopic (exact) mass is 416 g/mol. The molecule has 0 atom stereocenters. The predicted octanol–water partition coefficient (Wildman–Crippen LogP) is 6.08. The van der Waals surface area contributed by atoms with Gasteiger partial charge in [-0.15, -0.1) is 0 Å². The van der Waals surface area contributed by atoms with Crippen LogP contribution in [0, 0.1) is 11.3 Å².